The molecule has 0 radical (unpaired) electrons. The number of hydrazone groups is 1. The lowest BCUT2D eigenvalue weighted by atomic mass is 9.92. The van der Waals surface area contributed by atoms with Crippen molar-refractivity contribution in [1.29, 1.82) is 0 Å². The van der Waals surface area contributed by atoms with E-state index in [1.807, 2.05) is 84.9 Å². The molecule has 0 spiro atoms. The Hall–Kier alpha value is -3.93. The fourth-order valence-electron chi connectivity index (χ4n) is 3.16. The molecule has 6 nitrogen and oxygen atoms in total. The Bertz CT molecular complexity index is 1050. The highest BCUT2D eigenvalue weighted by molar-refractivity contribution is 6.07. The van der Waals surface area contributed by atoms with Crippen molar-refractivity contribution in [3.63, 3.8) is 0 Å². The highest BCUT2D eigenvalue weighted by atomic mass is 16.2. The number of amides is 3. The molecular weight excluding hydrogens is 364 g/mol. The highest BCUT2D eigenvalue weighted by Crippen LogP contribution is 2.28. The van der Waals surface area contributed by atoms with Gasteiger partial charge in [-0.1, -0.05) is 60.7 Å². The van der Waals surface area contributed by atoms with Crippen LogP contribution in [0.25, 0.3) is 0 Å². The van der Waals surface area contributed by atoms with Gasteiger partial charge in [0.1, 0.15) is 5.54 Å². The average Bonchev–Trinajstić information content (AvgIpc) is 2.98. The Morgan fingerprint density at radius 1 is 0.862 bits per heavy atom. The Labute approximate surface area is 168 Å². The summed E-state index contributed by atoms with van der Waals surface area (Å²) in [6.45, 7) is 1.68. The van der Waals surface area contributed by atoms with Crippen molar-refractivity contribution >= 4 is 29.5 Å². The van der Waals surface area contributed by atoms with Crippen LogP contribution in [0.2, 0.25) is 0 Å². The van der Waals surface area contributed by atoms with Crippen LogP contribution in [0, 0.1) is 0 Å². The first-order chi connectivity index (χ1) is 14.1. The lowest BCUT2D eigenvalue weighted by Gasteiger charge is -2.20. The lowest BCUT2D eigenvalue weighted by Crippen LogP contribution is -2.40. The molecule has 0 saturated carbocycles. The third-order valence-corrected chi connectivity index (χ3v) is 4.82. The number of nitrogens with zero attached hydrogens (tertiary/aromatic N) is 2. The van der Waals surface area contributed by atoms with Crippen LogP contribution >= 0.6 is 0 Å². The second-order valence-electron chi connectivity index (χ2n) is 6.90. The Balaban J connectivity index is 1.47. The minimum absolute atomic E-state index is 0.410. The molecule has 1 aliphatic heterocycles. The predicted molar refractivity (Wildman–Crippen MR) is 113 cm³/mol. The summed E-state index contributed by atoms with van der Waals surface area (Å²) in [5.41, 5.74) is 2.29. The summed E-state index contributed by atoms with van der Waals surface area (Å²) in [6, 6.07) is 26.0. The molecule has 1 aliphatic rings. The van der Waals surface area contributed by atoms with Gasteiger partial charge in [0, 0.05) is 11.4 Å². The number of carbonyl (C=O) groups excluding carboxylic acids is 2. The van der Waals surface area contributed by atoms with Gasteiger partial charge in [-0.25, -0.2) is 4.79 Å². The molecule has 6 heteroatoms. The molecule has 1 fully saturated rings. The van der Waals surface area contributed by atoms with Gasteiger partial charge < -0.3 is 10.6 Å². The van der Waals surface area contributed by atoms with Crippen LogP contribution in [0.1, 0.15) is 18.1 Å². The predicted octanol–water partition coefficient (Wildman–Crippen LogP) is 4.23. The third-order valence-electron chi connectivity index (χ3n) is 4.82. The number of anilines is 2. The fourth-order valence-corrected chi connectivity index (χ4v) is 3.16. The molecule has 3 amide bonds. The maximum Gasteiger partial charge on any atom is 0.346 e. The number of nitrogens with one attached hydrogen (secondary N) is 2. The average molecular weight is 384 g/mol. The Morgan fingerprint density at radius 3 is 2.10 bits per heavy atom. The van der Waals surface area contributed by atoms with E-state index in [1.165, 1.54) is 6.21 Å². The minimum atomic E-state index is -1.13. The smallest absolute Gasteiger partial charge is 0.346 e. The first-order valence-electron chi connectivity index (χ1n) is 9.25. The number of imide groups is 1. The van der Waals surface area contributed by atoms with Crippen molar-refractivity contribution in [2.45, 2.75) is 12.5 Å². The SMILES string of the molecule is C[C@]1(c2ccccc2)NC(=O)N(/N=C\c2ccc(Nc3ccccc3)cc2)C1=O. The molecule has 0 aromatic heterocycles. The van der Waals surface area contributed by atoms with E-state index in [4.69, 9.17) is 0 Å². The van der Waals surface area contributed by atoms with Gasteiger partial charge in [0.15, 0.2) is 0 Å². The van der Waals surface area contributed by atoms with Gasteiger partial charge in [0.25, 0.3) is 5.91 Å². The van der Waals surface area contributed by atoms with Crippen LogP contribution in [0.15, 0.2) is 90.0 Å². The second-order valence-corrected chi connectivity index (χ2v) is 6.90. The summed E-state index contributed by atoms with van der Waals surface area (Å²) in [4.78, 5) is 25.2. The number of hydrogen-bond acceptors (Lipinski definition) is 4. The first kappa shape index (κ1) is 18.4. The zero-order chi connectivity index (χ0) is 20.3. The molecule has 1 atom stereocenters. The molecule has 3 aromatic rings. The van der Waals surface area contributed by atoms with Crippen LogP contribution in [-0.2, 0) is 10.3 Å². The van der Waals surface area contributed by atoms with E-state index in [9.17, 15) is 9.59 Å². The number of para-hydroxylation sites is 1. The summed E-state index contributed by atoms with van der Waals surface area (Å²) >= 11 is 0. The zero-order valence-electron chi connectivity index (χ0n) is 15.9. The second kappa shape index (κ2) is 7.59. The summed E-state index contributed by atoms with van der Waals surface area (Å²) in [5.74, 6) is -0.410. The van der Waals surface area contributed by atoms with Crippen molar-refractivity contribution in [2.24, 2.45) is 5.10 Å². The number of hydrogen-bond donors (Lipinski definition) is 2. The van der Waals surface area contributed by atoms with Crippen LogP contribution in [0.4, 0.5) is 16.2 Å². The standard InChI is InChI=1S/C23H20N4O2/c1-23(18-8-4-2-5-9-18)21(28)27(22(29)26-23)24-16-17-12-14-20(15-13-17)25-19-10-6-3-7-11-19/h2-16,25H,1H3,(H,26,29)/b24-16-/t23-/m1/s1. The molecule has 144 valence electrons. The van der Waals surface area contributed by atoms with Gasteiger partial charge in [-0.2, -0.15) is 5.10 Å². The zero-order valence-corrected chi connectivity index (χ0v) is 15.9. The van der Waals surface area contributed by atoms with Crippen molar-refractivity contribution in [2.75, 3.05) is 5.32 Å². The quantitative estimate of drug-likeness (QED) is 0.511. The van der Waals surface area contributed by atoms with Crippen LogP contribution in [-0.4, -0.2) is 23.2 Å². The van der Waals surface area contributed by atoms with Gasteiger partial charge in [-0.05, 0) is 42.3 Å². The summed E-state index contributed by atoms with van der Waals surface area (Å²) in [5, 5.41) is 11.0. The van der Waals surface area contributed by atoms with E-state index in [0.717, 1.165) is 21.9 Å². The molecule has 1 heterocycles. The summed E-state index contributed by atoms with van der Waals surface area (Å²) < 4.78 is 0. The summed E-state index contributed by atoms with van der Waals surface area (Å²) in [7, 11) is 0. The number of benzene rings is 3. The molecule has 0 bridgehead atoms. The first-order valence-corrected chi connectivity index (χ1v) is 9.25. The van der Waals surface area contributed by atoms with E-state index >= 15 is 0 Å². The van der Waals surface area contributed by atoms with Crippen molar-refractivity contribution in [1.82, 2.24) is 10.3 Å². The van der Waals surface area contributed by atoms with E-state index in [1.54, 1.807) is 6.92 Å². The van der Waals surface area contributed by atoms with E-state index in [-0.39, 0.29) is 0 Å². The largest absolute Gasteiger partial charge is 0.356 e. The molecule has 29 heavy (non-hydrogen) atoms. The monoisotopic (exact) mass is 384 g/mol. The molecule has 0 unspecified atom stereocenters. The number of carbonyl (C=O) groups is 2. The number of urea groups is 1. The van der Waals surface area contributed by atoms with Gasteiger partial charge >= 0.3 is 6.03 Å². The highest BCUT2D eigenvalue weighted by Gasteiger charge is 2.49. The van der Waals surface area contributed by atoms with Crippen LogP contribution in [0.5, 0.6) is 0 Å². The normalized spacial score (nSPS) is 18.9. The maximum absolute atomic E-state index is 12.8. The molecule has 2 N–H and O–H groups in total. The van der Waals surface area contributed by atoms with Crippen LogP contribution in [0.3, 0.4) is 0 Å². The molecular formula is C23H20N4O2. The van der Waals surface area contributed by atoms with Gasteiger partial charge in [0.05, 0.1) is 6.21 Å². The topological polar surface area (TPSA) is 73.8 Å². The van der Waals surface area contributed by atoms with E-state index in [0.29, 0.717) is 5.56 Å². The van der Waals surface area contributed by atoms with E-state index < -0.39 is 17.5 Å². The molecule has 4 rings (SSSR count). The number of rotatable bonds is 5. The van der Waals surface area contributed by atoms with E-state index in [2.05, 4.69) is 15.7 Å². The van der Waals surface area contributed by atoms with Crippen molar-refractivity contribution in [3.05, 3.63) is 96.1 Å². The van der Waals surface area contributed by atoms with Gasteiger partial charge in [-0.3, -0.25) is 4.79 Å². The van der Waals surface area contributed by atoms with Crippen molar-refractivity contribution < 1.29 is 9.59 Å². The lowest BCUT2D eigenvalue weighted by molar-refractivity contribution is -0.131. The van der Waals surface area contributed by atoms with Gasteiger partial charge in [-0.15, -0.1) is 5.01 Å². The summed E-state index contributed by atoms with van der Waals surface area (Å²) in [6.07, 6.45) is 1.50. The van der Waals surface area contributed by atoms with Gasteiger partial charge in [0.2, 0.25) is 0 Å². The van der Waals surface area contributed by atoms with Crippen molar-refractivity contribution in [3.8, 4) is 0 Å². The molecule has 0 aliphatic carbocycles. The molecule has 1 saturated heterocycles. The fraction of sp³-hybridized carbons (Fsp3) is 0.0870. The third kappa shape index (κ3) is 3.73. The molecule has 3 aromatic carbocycles. The van der Waals surface area contributed by atoms with Crippen LogP contribution < -0.4 is 10.6 Å². The minimum Gasteiger partial charge on any atom is -0.356 e. The Kier molecular flexibility index (Phi) is 4.83. The Morgan fingerprint density at radius 2 is 1.45 bits per heavy atom. The maximum atomic E-state index is 12.8.